The molecule has 4 nitrogen and oxygen atoms in total. The fraction of sp³-hybridized carbons (Fsp3) is 0.0909. The van der Waals surface area contributed by atoms with Gasteiger partial charge in [0.05, 0.1) is 0 Å². The summed E-state index contributed by atoms with van der Waals surface area (Å²) in [7, 11) is 0. The highest BCUT2D eigenvalue weighted by Gasteiger charge is 2.19. The lowest BCUT2D eigenvalue weighted by Crippen LogP contribution is -2.00. The van der Waals surface area contributed by atoms with Crippen LogP contribution >= 0.6 is 0 Å². The number of allylic oxidation sites excluding steroid dienone is 4. The van der Waals surface area contributed by atoms with Crippen LogP contribution in [-0.4, -0.2) is 16.1 Å². The van der Waals surface area contributed by atoms with E-state index in [-0.39, 0.29) is 11.5 Å². The van der Waals surface area contributed by atoms with Crippen LogP contribution < -0.4 is 0 Å². The molecule has 0 unspecified atom stereocenters. The molecular formula is C11H11NO3. The Balaban J connectivity index is 3.34. The van der Waals surface area contributed by atoms with Gasteiger partial charge in [-0.25, -0.2) is 9.78 Å². The van der Waals surface area contributed by atoms with E-state index in [9.17, 15) is 4.79 Å². The van der Waals surface area contributed by atoms with E-state index < -0.39 is 5.97 Å². The molecule has 0 aliphatic carbocycles. The smallest absolute Gasteiger partial charge is 0.358 e. The van der Waals surface area contributed by atoms with Crippen LogP contribution in [0.25, 0.3) is 5.57 Å². The molecule has 0 radical (unpaired) electrons. The van der Waals surface area contributed by atoms with Gasteiger partial charge in [-0.05, 0) is 0 Å². The summed E-state index contributed by atoms with van der Waals surface area (Å²) < 4.78 is 5.20. The summed E-state index contributed by atoms with van der Waals surface area (Å²) >= 11 is 0. The van der Waals surface area contributed by atoms with E-state index in [2.05, 4.69) is 18.1 Å². The number of aromatic nitrogens is 1. The van der Waals surface area contributed by atoms with E-state index in [1.807, 2.05) is 0 Å². The van der Waals surface area contributed by atoms with Crippen molar-refractivity contribution in [3.63, 3.8) is 0 Å². The number of carboxylic acid groups (broad SMARTS) is 1. The van der Waals surface area contributed by atoms with Crippen molar-refractivity contribution >= 4 is 11.5 Å². The Hall–Kier alpha value is -2.10. The molecule has 1 rings (SSSR count). The molecule has 1 aromatic heterocycles. The summed E-state index contributed by atoms with van der Waals surface area (Å²) in [6, 6.07) is 0. The molecule has 78 valence electrons. The van der Waals surface area contributed by atoms with Crippen molar-refractivity contribution in [1.29, 1.82) is 0 Å². The monoisotopic (exact) mass is 205 g/mol. The first-order valence-electron chi connectivity index (χ1n) is 4.26. The SMILES string of the molecule is C=C/C=C(\C=C)c1oc(C)nc1C(=O)O. The topological polar surface area (TPSA) is 63.3 Å². The van der Waals surface area contributed by atoms with E-state index in [1.165, 1.54) is 12.2 Å². The maximum absolute atomic E-state index is 10.8. The molecule has 0 atom stereocenters. The van der Waals surface area contributed by atoms with Gasteiger partial charge in [-0.1, -0.05) is 31.4 Å². The number of hydrogen-bond acceptors (Lipinski definition) is 3. The lowest BCUT2D eigenvalue weighted by molar-refractivity contribution is 0.0690. The Labute approximate surface area is 87.3 Å². The first-order chi connectivity index (χ1) is 7.10. The summed E-state index contributed by atoms with van der Waals surface area (Å²) in [5.41, 5.74) is 0.434. The van der Waals surface area contributed by atoms with Crippen LogP contribution in [0.5, 0.6) is 0 Å². The Morgan fingerprint density at radius 3 is 2.67 bits per heavy atom. The average Bonchev–Trinajstić information content (AvgIpc) is 2.56. The van der Waals surface area contributed by atoms with Crippen LogP contribution in [0.3, 0.4) is 0 Å². The normalized spacial score (nSPS) is 11.1. The van der Waals surface area contributed by atoms with Gasteiger partial charge in [0.25, 0.3) is 0 Å². The van der Waals surface area contributed by atoms with Gasteiger partial charge in [0.2, 0.25) is 0 Å². The number of aryl methyl sites for hydroxylation is 1. The van der Waals surface area contributed by atoms with Crippen molar-refractivity contribution in [1.82, 2.24) is 4.98 Å². The van der Waals surface area contributed by atoms with Gasteiger partial charge in [-0.2, -0.15) is 0 Å². The minimum Gasteiger partial charge on any atom is -0.476 e. The van der Waals surface area contributed by atoms with Crippen molar-refractivity contribution in [2.24, 2.45) is 0 Å². The average molecular weight is 205 g/mol. The Morgan fingerprint density at radius 2 is 2.20 bits per heavy atom. The molecule has 1 heterocycles. The second kappa shape index (κ2) is 4.41. The molecule has 0 saturated carbocycles. The van der Waals surface area contributed by atoms with Gasteiger partial charge in [0.1, 0.15) is 0 Å². The zero-order valence-corrected chi connectivity index (χ0v) is 8.36. The lowest BCUT2D eigenvalue weighted by atomic mass is 10.1. The van der Waals surface area contributed by atoms with Crippen molar-refractivity contribution in [2.45, 2.75) is 6.92 Å². The molecule has 1 aromatic rings. The molecule has 15 heavy (non-hydrogen) atoms. The zero-order chi connectivity index (χ0) is 11.4. The van der Waals surface area contributed by atoms with E-state index in [0.717, 1.165) is 0 Å². The Bertz CT molecular complexity index is 441. The van der Waals surface area contributed by atoms with Gasteiger partial charge in [-0.3, -0.25) is 0 Å². The molecule has 0 bridgehead atoms. The highest BCUT2D eigenvalue weighted by molar-refractivity contribution is 5.92. The lowest BCUT2D eigenvalue weighted by Gasteiger charge is -1.96. The van der Waals surface area contributed by atoms with Crippen LogP contribution in [0.4, 0.5) is 0 Å². The first-order valence-corrected chi connectivity index (χ1v) is 4.26. The fourth-order valence-electron chi connectivity index (χ4n) is 1.13. The summed E-state index contributed by atoms with van der Waals surface area (Å²) in [5, 5.41) is 8.88. The molecule has 1 N–H and O–H groups in total. The standard InChI is InChI=1S/C11H11NO3/c1-4-6-8(5-2)10-9(11(13)14)12-7(3)15-10/h4-6H,1-2H2,3H3,(H,13,14)/b8-6+. The molecule has 0 aromatic carbocycles. The third-order valence-corrected chi connectivity index (χ3v) is 1.72. The molecule has 0 spiro atoms. The third-order valence-electron chi connectivity index (χ3n) is 1.72. The van der Waals surface area contributed by atoms with Gasteiger partial charge >= 0.3 is 5.97 Å². The van der Waals surface area contributed by atoms with E-state index >= 15 is 0 Å². The maximum Gasteiger partial charge on any atom is 0.358 e. The van der Waals surface area contributed by atoms with E-state index in [4.69, 9.17) is 9.52 Å². The van der Waals surface area contributed by atoms with Gasteiger partial charge in [0.15, 0.2) is 17.3 Å². The zero-order valence-electron chi connectivity index (χ0n) is 8.36. The minimum absolute atomic E-state index is 0.111. The van der Waals surface area contributed by atoms with E-state index in [0.29, 0.717) is 11.5 Å². The second-order valence-electron chi connectivity index (χ2n) is 2.78. The van der Waals surface area contributed by atoms with Gasteiger partial charge in [0, 0.05) is 12.5 Å². The molecule has 0 saturated heterocycles. The number of nitrogens with zero attached hydrogens (tertiary/aromatic N) is 1. The van der Waals surface area contributed by atoms with Gasteiger partial charge < -0.3 is 9.52 Å². The number of carbonyl (C=O) groups is 1. The maximum atomic E-state index is 10.8. The van der Waals surface area contributed by atoms with Crippen LogP contribution in [0, 0.1) is 6.92 Å². The van der Waals surface area contributed by atoms with E-state index in [1.54, 1.807) is 13.0 Å². The highest BCUT2D eigenvalue weighted by Crippen LogP contribution is 2.21. The Morgan fingerprint density at radius 1 is 1.53 bits per heavy atom. The number of carboxylic acids is 1. The first kappa shape index (κ1) is 11.0. The number of aromatic carboxylic acids is 1. The summed E-state index contributed by atoms with van der Waals surface area (Å²) in [5.74, 6) is -0.618. The molecule has 4 heteroatoms. The second-order valence-corrected chi connectivity index (χ2v) is 2.78. The minimum atomic E-state index is -1.13. The fourth-order valence-corrected chi connectivity index (χ4v) is 1.13. The predicted molar refractivity (Wildman–Crippen MR) is 56.6 cm³/mol. The Kier molecular flexibility index (Phi) is 3.23. The van der Waals surface area contributed by atoms with Crippen LogP contribution in [0.1, 0.15) is 22.1 Å². The quantitative estimate of drug-likeness (QED) is 0.767. The summed E-state index contributed by atoms with van der Waals surface area (Å²) in [6.07, 6.45) is 4.63. The van der Waals surface area contributed by atoms with Crippen LogP contribution in [0.2, 0.25) is 0 Å². The summed E-state index contributed by atoms with van der Waals surface area (Å²) in [4.78, 5) is 14.6. The molecule has 0 fully saturated rings. The number of rotatable bonds is 4. The molecule has 0 amide bonds. The largest absolute Gasteiger partial charge is 0.476 e. The number of hydrogen-bond donors (Lipinski definition) is 1. The van der Waals surface area contributed by atoms with Crippen molar-refractivity contribution in [2.75, 3.05) is 0 Å². The molecule has 0 aliphatic rings. The molecular weight excluding hydrogens is 194 g/mol. The van der Waals surface area contributed by atoms with Crippen molar-refractivity contribution in [3.8, 4) is 0 Å². The third kappa shape index (κ3) is 2.22. The summed E-state index contributed by atoms with van der Waals surface area (Å²) in [6.45, 7) is 8.68. The number of oxazole rings is 1. The highest BCUT2D eigenvalue weighted by atomic mass is 16.4. The van der Waals surface area contributed by atoms with Crippen molar-refractivity contribution in [3.05, 3.63) is 48.7 Å². The molecule has 0 aliphatic heterocycles. The van der Waals surface area contributed by atoms with Gasteiger partial charge in [-0.15, -0.1) is 0 Å². The predicted octanol–water partition coefficient (Wildman–Crippen LogP) is 2.44. The van der Waals surface area contributed by atoms with Crippen molar-refractivity contribution < 1.29 is 14.3 Å². The van der Waals surface area contributed by atoms with Crippen LogP contribution in [0.15, 0.2) is 35.8 Å². The van der Waals surface area contributed by atoms with Crippen LogP contribution in [-0.2, 0) is 0 Å².